The molecule has 0 N–H and O–H groups in total. The van der Waals surface area contributed by atoms with Crippen LogP contribution in [0.3, 0.4) is 0 Å². The first kappa shape index (κ1) is 23.1. The molecular formula is C22H21F2N7O3S. The van der Waals surface area contributed by atoms with Crippen molar-refractivity contribution < 1.29 is 21.7 Å². The standard InChI is InChI=1S/C22H21F2N7O3S/c1-35(32,33)30-9-7-29(8-10-30)22-17(24)13-25-21(26-22)19-12-20(18-6-11-34-28-18)31(27-19)14-15-4-2-3-5-16(15)23/h2-6,11-13H,7-10,14H2,1H3. The summed E-state index contributed by atoms with van der Waals surface area (Å²) in [5.74, 6) is -0.757. The van der Waals surface area contributed by atoms with Crippen LogP contribution < -0.4 is 4.90 Å². The lowest BCUT2D eigenvalue weighted by Crippen LogP contribution is -2.48. The summed E-state index contributed by atoms with van der Waals surface area (Å²) in [5, 5.41) is 8.51. The largest absolute Gasteiger partial charge is 0.364 e. The third-order valence-electron chi connectivity index (χ3n) is 5.72. The molecule has 0 radical (unpaired) electrons. The molecule has 0 amide bonds. The van der Waals surface area contributed by atoms with Crippen LogP contribution in [0.15, 0.2) is 53.4 Å². The van der Waals surface area contributed by atoms with Gasteiger partial charge < -0.3 is 9.42 Å². The molecule has 1 aliphatic rings. The lowest BCUT2D eigenvalue weighted by molar-refractivity contribution is 0.384. The van der Waals surface area contributed by atoms with Crippen LogP contribution in [-0.2, 0) is 16.6 Å². The number of anilines is 1. The molecule has 3 aromatic heterocycles. The third kappa shape index (κ3) is 4.77. The number of piperazine rings is 1. The number of benzene rings is 1. The van der Waals surface area contributed by atoms with Gasteiger partial charge in [-0.15, -0.1) is 0 Å². The minimum absolute atomic E-state index is 0.0646. The quantitative estimate of drug-likeness (QED) is 0.396. The van der Waals surface area contributed by atoms with Gasteiger partial charge in [0.1, 0.15) is 23.5 Å². The number of hydrogen-bond donors (Lipinski definition) is 0. The van der Waals surface area contributed by atoms with Crippen LogP contribution in [0.5, 0.6) is 0 Å². The van der Waals surface area contributed by atoms with Crippen LogP contribution in [0.25, 0.3) is 22.9 Å². The molecule has 10 nitrogen and oxygen atoms in total. The highest BCUT2D eigenvalue weighted by Crippen LogP contribution is 2.27. The summed E-state index contributed by atoms with van der Waals surface area (Å²) in [4.78, 5) is 10.2. The molecule has 0 aliphatic carbocycles. The number of rotatable bonds is 6. The molecule has 13 heteroatoms. The zero-order valence-electron chi connectivity index (χ0n) is 18.7. The summed E-state index contributed by atoms with van der Waals surface area (Å²) in [5.41, 5.74) is 1.80. The van der Waals surface area contributed by atoms with Crippen LogP contribution in [0.2, 0.25) is 0 Å². The van der Waals surface area contributed by atoms with Gasteiger partial charge in [-0.05, 0) is 12.1 Å². The van der Waals surface area contributed by atoms with E-state index in [-0.39, 0.29) is 50.2 Å². The van der Waals surface area contributed by atoms with Gasteiger partial charge in [-0.1, -0.05) is 23.4 Å². The van der Waals surface area contributed by atoms with E-state index in [0.29, 0.717) is 22.6 Å². The normalized spacial score (nSPS) is 15.0. The summed E-state index contributed by atoms with van der Waals surface area (Å²) in [6.45, 7) is 1.14. The van der Waals surface area contributed by atoms with Crippen LogP contribution in [0.1, 0.15) is 5.56 Å². The fourth-order valence-corrected chi connectivity index (χ4v) is 4.75. The Labute approximate surface area is 199 Å². The summed E-state index contributed by atoms with van der Waals surface area (Å²) >= 11 is 0. The van der Waals surface area contributed by atoms with Gasteiger partial charge in [-0.2, -0.15) is 9.40 Å². The van der Waals surface area contributed by atoms with Crippen LogP contribution >= 0.6 is 0 Å². The smallest absolute Gasteiger partial charge is 0.211 e. The lowest BCUT2D eigenvalue weighted by Gasteiger charge is -2.34. The minimum Gasteiger partial charge on any atom is -0.364 e. The van der Waals surface area contributed by atoms with E-state index in [1.165, 1.54) is 16.6 Å². The minimum atomic E-state index is -3.32. The van der Waals surface area contributed by atoms with Crippen molar-refractivity contribution in [3.63, 3.8) is 0 Å². The van der Waals surface area contributed by atoms with E-state index in [9.17, 15) is 17.2 Å². The van der Waals surface area contributed by atoms with Crippen molar-refractivity contribution in [1.82, 2.24) is 29.2 Å². The van der Waals surface area contributed by atoms with Crippen molar-refractivity contribution >= 4 is 15.8 Å². The topological polar surface area (TPSA) is 110 Å². The Morgan fingerprint density at radius 1 is 1.03 bits per heavy atom. The summed E-state index contributed by atoms with van der Waals surface area (Å²) < 4.78 is 60.4. The van der Waals surface area contributed by atoms with Crippen molar-refractivity contribution in [2.24, 2.45) is 0 Å². The highest BCUT2D eigenvalue weighted by molar-refractivity contribution is 7.88. The zero-order chi connectivity index (χ0) is 24.6. The van der Waals surface area contributed by atoms with Gasteiger partial charge in [0, 0.05) is 37.8 Å². The van der Waals surface area contributed by atoms with E-state index < -0.39 is 15.8 Å². The molecule has 1 aliphatic heterocycles. The predicted molar refractivity (Wildman–Crippen MR) is 123 cm³/mol. The molecule has 1 saturated heterocycles. The van der Waals surface area contributed by atoms with E-state index in [1.54, 1.807) is 39.9 Å². The van der Waals surface area contributed by atoms with Gasteiger partial charge >= 0.3 is 0 Å². The Morgan fingerprint density at radius 3 is 2.49 bits per heavy atom. The second-order valence-corrected chi connectivity index (χ2v) is 10.0. The van der Waals surface area contributed by atoms with E-state index in [1.807, 2.05) is 0 Å². The fourth-order valence-electron chi connectivity index (χ4n) is 3.92. The molecule has 4 heterocycles. The first-order chi connectivity index (χ1) is 16.8. The number of sulfonamides is 1. The van der Waals surface area contributed by atoms with E-state index >= 15 is 0 Å². The molecule has 0 saturated carbocycles. The summed E-state index contributed by atoms with van der Waals surface area (Å²) in [6.07, 6.45) is 3.63. The van der Waals surface area contributed by atoms with Crippen molar-refractivity contribution in [2.45, 2.75) is 6.54 Å². The molecule has 1 fully saturated rings. The summed E-state index contributed by atoms with van der Waals surface area (Å²) in [7, 11) is -3.32. The molecule has 35 heavy (non-hydrogen) atoms. The highest BCUT2D eigenvalue weighted by Gasteiger charge is 2.26. The molecule has 182 valence electrons. The fraction of sp³-hybridized carbons (Fsp3) is 0.273. The molecule has 0 bridgehead atoms. The number of aromatic nitrogens is 5. The number of nitrogens with zero attached hydrogens (tertiary/aromatic N) is 7. The molecule has 0 unspecified atom stereocenters. The average Bonchev–Trinajstić information content (AvgIpc) is 3.51. The Kier molecular flexibility index (Phi) is 6.03. The molecule has 4 aromatic rings. The maximum absolute atomic E-state index is 14.7. The molecule has 1 aromatic carbocycles. The first-order valence-corrected chi connectivity index (χ1v) is 12.6. The average molecular weight is 502 g/mol. The van der Waals surface area contributed by atoms with Crippen molar-refractivity contribution in [2.75, 3.05) is 37.3 Å². The molecule has 0 atom stereocenters. The maximum Gasteiger partial charge on any atom is 0.211 e. The van der Waals surface area contributed by atoms with Gasteiger partial charge in [-0.3, -0.25) is 4.68 Å². The second kappa shape index (κ2) is 9.15. The molecule has 5 rings (SSSR count). The van der Waals surface area contributed by atoms with Gasteiger partial charge in [0.25, 0.3) is 0 Å². The van der Waals surface area contributed by atoms with Gasteiger partial charge in [0.2, 0.25) is 10.0 Å². The van der Waals surface area contributed by atoms with Crippen LogP contribution in [-0.4, -0.2) is 70.1 Å². The van der Waals surface area contributed by atoms with E-state index in [2.05, 4.69) is 20.2 Å². The predicted octanol–water partition coefficient (Wildman–Crippen LogP) is 2.40. The van der Waals surface area contributed by atoms with Crippen molar-refractivity contribution in [3.05, 3.63) is 66.1 Å². The van der Waals surface area contributed by atoms with E-state index in [4.69, 9.17) is 4.52 Å². The van der Waals surface area contributed by atoms with Crippen LogP contribution in [0, 0.1) is 11.6 Å². The lowest BCUT2D eigenvalue weighted by atomic mass is 10.2. The SMILES string of the molecule is CS(=O)(=O)N1CCN(c2nc(-c3cc(-c4ccon4)n(Cc4ccccc4F)n3)ncc2F)CC1. The maximum atomic E-state index is 14.7. The Morgan fingerprint density at radius 2 is 1.80 bits per heavy atom. The highest BCUT2D eigenvalue weighted by atomic mass is 32.2. The number of hydrogen-bond acceptors (Lipinski definition) is 8. The third-order valence-corrected chi connectivity index (χ3v) is 7.02. The van der Waals surface area contributed by atoms with E-state index in [0.717, 1.165) is 12.5 Å². The van der Waals surface area contributed by atoms with Gasteiger partial charge in [0.15, 0.2) is 17.5 Å². The number of halogens is 2. The molecule has 0 spiro atoms. The van der Waals surface area contributed by atoms with Gasteiger partial charge in [-0.25, -0.2) is 27.2 Å². The summed E-state index contributed by atoms with van der Waals surface area (Å²) in [6, 6.07) is 9.70. The Balaban J connectivity index is 1.48. The van der Waals surface area contributed by atoms with Crippen molar-refractivity contribution in [3.8, 4) is 22.9 Å². The van der Waals surface area contributed by atoms with Gasteiger partial charge in [0.05, 0.1) is 24.7 Å². The monoisotopic (exact) mass is 501 g/mol. The molecular weight excluding hydrogens is 480 g/mol. The first-order valence-electron chi connectivity index (χ1n) is 10.7. The van der Waals surface area contributed by atoms with Crippen molar-refractivity contribution in [1.29, 1.82) is 0 Å². The second-order valence-electron chi connectivity index (χ2n) is 8.06. The Bertz CT molecular complexity index is 1450. The Hall–Kier alpha value is -3.71. The zero-order valence-corrected chi connectivity index (χ0v) is 19.5. The van der Waals surface area contributed by atoms with Crippen LogP contribution in [0.4, 0.5) is 14.6 Å².